The van der Waals surface area contributed by atoms with Gasteiger partial charge in [0.2, 0.25) is 0 Å². The molecule has 0 heterocycles. The van der Waals surface area contributed by atoms with E-state index in [0.717, 1.165) is 5.56 Å². The number of anilines is 1. The lowest BCUT2D eigenvalue weighted by Crippen LogP contribution is -2.32. The van der Waals surface area contributed by atoms with E-state index in [0.29, 0.717) is 23.4 Å². The monoisotopic (exact) mass is 311 g/mol. The second kappa shape index (κ2) is 7.58. The van der Waals surface area contributed by atoms with E-state index in [9.17, 15) is 9.59 Å². The molecule has 0 radical (unpaired) electrons. The van der Waals surface area contributed by atoms with Gasteiger partial charge in [-0.25, -0.2) is 0 Å². The normalized spacial score (nSPS) is 11.6. The summed E-state index contributed by atoms with van der Waals surface area (Å²) in [5.41, 5.74) is 2.14. The van der Waals surface area contributed by atoms with Gasteiger partial charge < -0.3 is 10.1 Å². The van der Waals surface area contributed by atoms with Crippen LogP contribution in [0.2, 0.25) is 0 Å². The molecule has 2 aromatic carbocycles. The van der Waals surface area contributed by atoms with Crippen LogP contribution in [-0.4, -0.2) is 17.8 Å². The van der Waals surface area contributed by atoms with Crippen molar-refractivity contribution >= 4 is 17.4 Å². The smallest absolute Gasteiger partial charge is 0.265 e. The van der Waals surface area contributed by atoms with Crippen molar-refractivity contribution in [2.45, 2.75) is 33.3 Å². The summed E-state index contributed by atoms with van der Waals surface area (Å²) in [6, 6.07) is 14.5. The maximum atomic E-state index is 12.4. The molecule has 2 rings (SSSR count). The summed E-state index contributed by atoms with van der Waals surface area (Å²) in [5, 5.41) is 2.81. The Bertz CT molecular complexity index is 709. The highest BCUT2D eigenvalue weighted by Crippen LogP contribution is 2.20. The fraction of sp³-hybridized carbons (Fsp3) is 0.263. The highest BCUT2D eigenvalue weighted by atomic mass is 16.5. The molecule has 1 amide bonds. The minimum atomic E-state index is -0.586. The Balaban J connectivity index is 2.10. The van der Waals surface area contributed by atoms with Crippen molar-refractivity contribution in [2.75, 3.05) is 5.32 Å². The molecule has 4 nitrogen and oxygen atoms in total. The Morgan fingerprint density at radius 3 is 2.52 bits per heavy atom. The molecular weight excluding hydrogens is 290 g/mol. The minimum Gasteiger partial charge on any atom is -0.480 e. The molecule has 0 bridgehead atoms. The second-order valence-corrected chi connectivity index (χ2v) is 5.41. The van der Waals surface area contributed by atoms with Crippen LogP contribution in [0.3, 0.4) is 0 Å². The molecule has 0 aliphatic heterocycles. The minimum absolute atomic E-state index is 0.0377. The largest absolute Gasteiger partial charge is 0.480 e. The molecule has 1 atom stereocenters. The number of amides is 1. The van der Waals surface area contributed by atoms with Crippen LogP contribution in [0.25, 0.3) is 0 Å². The number of nitrogens with one attached hydrogen (secondary N) is 1. The van der Waals surface area contributed by atoms with Gasteiger partial charge in [0.25, 0.3) is 5.91 Å². The molecule has 0 aliphatic rings. The molecule has 23 heavy (non-hydrogen) atoms. The zero-order valence-corrected chi connectivity index (χ0v) is 13.6. The molecule has 0 saturated heterocycles. The average molecular weight is 311 g/mol. The quantitative estimate of drug-likeness (QED) is 0.821. The first-order chi connectivity index (χ1) is 11.0. The Labute approximate surface area is 136 Å². The fourth-order valence-electron chi connectivity index (χ4n) is 2.20. The predicted molar refractivity (Wildman–Crippen MR) is 91.0 cm³/mol. The standard InChI is InChI=1S/C19H21NO3/c1-4-17(23-18-11-6-5-8-13(18)2)19(22)20-16-10-7-9-15(12-16)14(3)21/h5-12,17H,4H2,1-3H3,(H,20,22)/t17-/m0/s1. The zero-order chi connectivity index (χ0) is 16.8. The summed E-state index contributed by atoms with van der Waals surface area (Å²) >= 11 is 0. The van der Waals surface area contributed by atoms with E-state index in [4.69, 9.17) is 4.74 Å². The van der Waals surface area contributed by atoms with Gasteiger partial charge in [0.05, 0.1) is 0 Å². The van der Waals surface area contributed by atoms with Gasteiger partial charge in [0, 0.05) is 11.3 Å². The van der Waals surface area contributed by atoms with E-state index >= 15 is 0 Å². The lowest BCUT2D eigenvalue weighted by molar-refractivity contribution is -0.122. The number of benzene rings is 2. The summed E-state index contributed by atoms with van der Waals surface area (Å²) in [7, 11) is 0. The number of hydrogen-bond donors (Lipinski definition) is 1. The molecule has 2 aromatic rings. The number of carbonyl (C=O) groups excluding carboxylic acids is 2. The zero-order valence-electron chi connectivity index (χ0n) is 13.6. The predicted octanol–water partition coefficient (Wildman–Crippen LogP) is 3.99. The first-order valence-corrected chi connectivity index (χ1v) is 7.65. The molecule has 0 fully saturated rings. The summed E-state index contributed by atoms with van der Waals surface area (Å²) in [6.45, 7) is 5.34. The number of ether oxygens (including phenoxy) is 1. The number of rotatable bonds is 6. The number of aryl methyl sites for hydroxylation is 1. The van der Waals surface area contributed by atoms with Gasteiger partial charge in [-0.15, -0.1) is 0 Å². The third kappa shape index (κ3) is 4.42. The van der Waals surface area contributed by atoms with Gasteiger partial charge in [0.15, 0.2) is 11.9 Å². The molecule has 0 unspecified atom stereocenters. The number of Topliss-reactive ketones (excluding diaryl/α,β-unsaturated/α-hetero) is 1. The van der Waals surface area contributed by atoms with E-state index in [2.05, 4.69) is 5.32 Å². The molecule has 0 aromatic heterocycles. The van der Waals surface area contributed by atoms with E-state index in [1.54, 1.807) is 24.3 Å². The van der Waals surface area contributed by atoms with Crippen LogP contribution in [0.1, 0.15) is 36.2 Å². The first kappa shape index (κ1) is 16.7. The lowest BCUT2D eigenvalue weighted by atomic mass is 10.1. The SMILES string of the molecule is CC[C@H](Oc1ccccc1C)C(=O)Nc1cccc(C(C)=O)c1. The summed E-state index contributed by atoms with van der Waals surface area (Å²) < 4.78 is 5.83. The van der Waals surface area contributed by atoms with E-state index < -0.39 is 6.10 Å². The highest BCUT2D eigenvalue weighted by molar-refractivity contribution is 5.98. The molecule has 0 aliphatic carbocycles. The molecule has 0 saturated carbocycles. The van der Waals surface area contributed by atoms with Crippen molar-refractivity contribution in [2.24, 2.45) is 0 Å². The molecule has 1 N–H and O–H groups in total. The van der Waals surface area contributed by atoms with Gasteiger partial charge in [-0.2, -0.15) is 0 Å². The first-order valence-electron chi connectivity index (χ1n) is 7.65. The molecule has 120 valence electrons. The molecule has 0 spiro atoms. The van der Waals surface area contributed by atoms with Crippen LogP contribution in [0, 0.1) is 6.92 Å². The van der Waals surface area contributed by atoms with Crippen LogP contribution in [-0.2, 0) is 4.79 Å². The van der Waals surface area contributed by atoms with Crippen molar-refractivity contribution in [1.82, 2.24) is 0 Å². The summed E-state index contributed by atoms with van der Waals surface area (Å²) in [6.07, 6.45) is -0.0379. The van der Waals surface area contributed by atoms with Crippen molar-refractivity contribution in [3.8, 4) is 5.75 Å². The van der Waals surface area contributed by atoms with Gasteiger partial charge in [-0.05, 0) is 44.0 Å². The van der Waals surface area contributed by atoms with E-state index in [1.165, 1.54) is 6.92 Å². The third-order valence-electron chi connectivity index (χ3n) is 3.56. The average Bonchev–Trinajstić information content (AvgIpc) is 2.54. The number of para-hydroxylation sites is 1. The Morgan fingerprint density at radius 2 is 1.87 bits per heavy atom. The highest BCUT2D eigenvalue weighted by Gasteiger charge is 2.19. The number of carbonyl (C=O) groups is 2. The van der Waals surface area contributed by atoms with Gasteiger partial charge in [-0.1, -0.05) is 37.3 Å². The molecular formula is C19H21NO3. The van der Waals surface area contributed by atoms with Crippen LogP contribution in [0.4, 0.5) is 5.69 Å². The van der Waals surface area contributed by atoms with Crippen molar-refractivity contribution < 1.29 is 14.3 Å². The Morgan fingerprint density at radius 1 is 1.13 bits per heavy atom. The van der Waals surface area contributed by atoms with Crippen molar-refractivity contribution in [3.05, 3.63) is 59.7 Å². The third-order valence-corrected chi connectivity index (χ3v) is 3.56. The topological polar surface area (TPSA) is 55.4 Å². The van der Waals surface area contributed by atoms with Gasteiger partial charge >= 0.3 is 0 Å². The van der Waals surface area contributed by atoms with Crippen LogP contribution < -0.4 is 10.1 Å². The van der Waals surface area contributed by atoms with E-state index in [-0.39, 0.29) is 11.7 Å². The van der Waals surface area contributed by atoms with Crippen molar-refractivity contribution in [1.29, 1.82) is 0 Å². The number of hydrogen-bond acceptors (Lipinski definition) is 3. The van der Waals surface area contributed by atoms with E-state index in [1.807, 2.05) is 38.1 Å². The maximum absolute atomic E-state index is 12.4. The number of ketones is 1. The van der Waals surface area contributed by atoms with Crippen molar-refractivity contribution in [3.63, 3.8) is 0 Å². The van der Waals surface area contributed by atoms with Gasteiger partial charge in [-0.3, -0.25) is 9.59 Å². The summed E-state index contributed by atoms with van der Waals surface area (Å²) in [4.78, 5) is 23.8. The lowest BCUT2D eigenvalue weighted by Gasteiger charge is -2.18. The second-order valence-electron chi connectivity index (χ2n) is 5.41. The Hall–Kier alpha value is -2.62. The van der Waals surface area contributed by atoms with Crippen LogP contribution in [0.5, 0.6) is 5.75 Å². The fourth-order valence-corrected chi connectivity index (χ4v) is 2.20. The Kier molecular flexibility index (Phi) is 5.52. The maximum Gasteiger partial charge on any atom is 0.265 e. The van der Waals surface area contributed by atoms with Crippen LogP contribution in [0.15, 0.2) is 48.5 Å². The van der Waals surface area contributed by atoms with Crippen LogP contribution >= 0.6 is 0 Å². The molecule has 4 heteroatoms. The van der Waals surface area contributed by atoms with Gasteiger partial charge in [0.1, 0.15) is 5.75 Å². The summed E-state index contributed by atoms with van der Waals surface area (Å²) in [5.74, 6) is 0.438.